The van der Waals surface area contributed by atoms with E-state index in [1.807, 2.05) is 23.9 Å². The highest BCUT2D eigenvalue weighted by Crippen LogP contribution is 2.34. The second kappa shape index (κ2) is 4.70. The number of thioether (sulfide) groups is 1. The number of aromatic amines is 1. The monoisotopic (exact) mass is 247 g/mol. The molecule has 0 aliphatic heterocycles. The summed E-state index contributed by atoms with van der Waals surface area (Å²) >= 11 is 1.89. The molecule has 2 N–H and O–H groups in total. The van der Waals surface area contributed by atoms with Crippen molar-refractivity contribution in [2.45, 2.75) is 35.7 Å². The maximum Gasteiger partial charge on any atom is 0.166 e. The van der Waals surface area contributed by atoms with Crippen LogP contribution in [0.1, 0.15) is 19.3 Å². The Balaban J connectivity index is 1.73. The number of nitrogens with one attached hydrogen (secondary N) is 2. The highest BCUT2D eigenvalue weighted by molar-refractivity contribution is 7.99. The molecule has 0 spiro atoms. The van der Waals surface area contributed by atoms with Crippen LogP contribution in [0.15, 0.2) is 29.4 Å². The van der Waals surface area contributed by atoms with E-state index in [4.69, 9.17) is 0 Å². The molecule has 3 nitrogen and oxygen atoms in total. The number of benzene rings is 1. The van der Waals surface area contributed by atoms with E-state index < -0.39 is 0 Å². The summed E-state index contributed by atoms with van der Waals surface area (Å²) in [6.07, 6.45) is 3.82. The van der Waals surface area contributed by atoms with Gasteiger partial charge < -0.3 is 10.3 Å². The first-order valence-electron chi connectivity index (χ1n) is 6.14. The minimum atomic E-state index is 0.692. The van der Waals surface area contributed by atoms with Crippen molar-refractivity contribution in [2.24, 2.45) is 0 Å². The number of hydrogen-bond acceptors (Lipinski definition) is 3. The average Bonchev–Trinajstić information content (AvgIpc) is 2.94. The highest BCUT2D eigenvalue weighted by atomic mass is 32.2. The lowest BCUT2D eigenvalue weighted by atomic mass is 10.3. The van der Waals surface area contributed by atoms with Crippen LogP contribution < -0.4 is 5.32 Å². The molecule has 2 aromatic rings. The van der Waals surface area contributed by atoms with Gasteiger partial charge in [-0.3, -0.25) is 0 Å². The Labute approximate surface area is 105 Å². The van der Waals surface area contributed by atoms with Crippen LogP contribution in [0.2, 0.25) is 0 Å². The van der Waals surface area contributed by atoms with Gasteiger partial charge in [-0.15, -0.1) is 0 Å². The molecule has 0 bridgehead atoms. The molecule has 1 saturated carbocycles. The predicted octanol–water partition coefficient (Wildman–Crippen LogP) is 2.80. The molecule has 0 amide bonds. The quantitative estimate of drug-likeness (QED) is 0.876. The van der Waals surface area contributed by atoms with Crippen molar-refractivity contribution in [3.8, 4) is 0 Å². The first-order valence-corrected chi connectivity index (χ1v) is 7.02. The summed E-state index contributed by atoms with van der Waals surface area (Å²) in [6, 6.07) is 8.90. The third kappa shape index (κ3) is 2.33. The number of imidazole rings is 1. The molecule has 2 atom stereocenters. The second-order valence-electron chi connectivity index (χ2n) is 4.60. The Kier molecular flexibility index (Phi) is 3.07. The summed E-state index contributed by atoms with van der Waals surface area (Å²) in [4.78, 5) is 8.00. The van der Waals surface area contributed by atoms with Crippen LogP contribution in [0, 0.1) is 0 Å². The van der Waals surface area contributed by atoms with Crippen LogP contribution in [0.3, 0.4) is 0 Å². The van der Waals surface area contributed by atoms with Gasteiger partial charge in [0.1, 0.15) is 0 Å². The third-order valence-corrected chi connectivity index (χ3v) is 4.62. The molecule has 0 radical (unpaired) electrons. The summed E-state index contributed by atoms with van der Waals surface area (Å²) in [5, 5.41) is 5.13. The zero-order valence-corrected chi connectivity index (χ0v) is 10.8. The van der Waals surface area contributed by atoms with E-state index in [0.717, 1.165) is 16.2 Å². The van der Waals surface area contributed by atoms with Crippen LogP contribution in [-0.2, 0) is 0 Å². The van der Waals surface area contributed by atoms with Gasteiger partial charge in [-0.25, -0.2) is 4.98 Å². The highest BCUT2D eigenvalue weighted by Gasteiger charge is 2.24. The van der Waals surface area contributed by atoms with Crippen LogP contribution in [0.4, 0.5) is 0 Å². The normalized spacial score (nSPS) is 24.5. The summed E-state index contributed by atoms with van der Waals surface area (Å²) in [6.45, 7) is 0. The molecular formula is C13H17N3S. The smallest absolute Gasteiger partial charge is 0.166 e. The topological polar surface area (TPSA) is 40.7 Å². The van der Waals surface area contributed by atoms with Crippen LogP contribution in [0.25, 0.3) is 11.0 Å². The zero-order chi connectivity index (χ0) is 11.7. The van der Waals surface area contributed by atoms with Gasteiger partial charge in [0.2, 0.25) is 0 Å². The van der Waals surface area contributed by atoms with Gasteiger partial charge in [0.15, 0.2) is 5.16 Å². The molecule has 90 valence electrons. The van der Waals surface area contributed by atoms with Gasteiger partial charge in [-0.2, -0.15) is 0 Å². The third-order valence-electron chi connectivity index (χ3n) is 3.44. The van der Waals surface area contributed by atoms with Gasteiger partial charge >= 0.3 is 0 Å². The lowest BCUT2D eigenvalue weighted by Crippen LogP contribution is -2.21. The Morgan fingerprint density at radius 1 is 1.35 bits per heavy atom. The van der Waals surface area contributed by atoms with E-state index in [2.05, 4.69) is 34.5 Å². The van der Waals surface area contributed by atoms with Crippen molar-refractivity contribution in [1.82, 2.24) is 15.3 Å². The lowest BCUT2D eigenvalue weighted by Gasteiger charge is -2.08. The molecule has 0 saturated heterocycles. The molecule has 1 aromatic carbocycles. The molecule has 1 aliphatic rings. The molecule has 1 aromatic heterocycles. The Bertz CT molecular complexity index is 475. The molecule has 3 rings (SSSR count). The number of H-pyrrole nitrogens is 1. The zero-order valence-electron chi connectivity index (χ0n) is 9.94. The first kappa shape index (κ1) is 11.1. The van der Waals surface area contributed by atoms with Crippen molar-refractivity contribution in [3.63, 3.8) is 0 Å². The number of aromatic nitrogens is 2. The van der Waals surface area contributed by atoms with Gasteiger partial charge in [-0.1, -0.05) is 23.9 Å². The van der Waals surface area contributed by atoms with E-state index in [0.29, 0.717) is 11.3 Å². The van der Waals surface area contributed by atoms with E-state index in [9.17, 15) is 0 Å². The standard InChI is InChI=1S/C13H17N3S/c1-14-9-6-7-10(8-9)17-13-15-11-4-2-3-5-12(11)16-13/h2-5,9-10,14H,6-8H2,1H3,(H,15,16). The minimum Gasteiger partial charge on any atom is -0.333 e. The average molecular weight is 247 g/mol. The van der Waals surface area contributed by atoms with E-state index in [-0.39, 0.29) is 0 Å². The summed E-state index contributed by atoms with van der Waals surface area (Å²) in [5.74, 6) is 0. The van der Waals surface area contributed by atoms with E-state index >= 15 is 0 Å². The van der Waals surface area contributed by atoms with Gasteiger partial charge in [0, 0.05) is 11.3 Å². The predicted molar refractivity (Wildman–Crippen MR) is 72.4 cm³/mol. The molecule has 1 aliphatic carbocycles. The Hall–Kier alpha value is -1.00. The number of hydrogen-bond donors (Lipinski definition) is 2. The Morgan fingerprint density at radius 2 is 2.24 bits per heavy atom. The first-order chi connectivity index (χ1) is 8.35. The fourth-order valence-corrected chi connectivity index (χ4v) is 3.67. The second-order valence-corrected chi connectivity index (χ2v) is 5.89. The maximum atomic E-state index is 4.61. The lowest BCUT2D eigenvalue weighted by molar-refractivity contribution is 0.583. The summed E-state index contributed by atoms with van der Waals surface area (Å²) in [5.41, 5.74) is 2.20. The fourth-order valence-electron chi connectivity index (χ4n) is 2.45. The van der Waals surface area contributed by atoms with Crippen LogP contribution >= 0.6 is 11.8 Å². The van der Waals surface area contributed by atoms with Crippen molar-refractivity contribution in [2.75, 3.05) is 7.05 Å². The molecule has 4 heteroatoms. The van der Waals surface area contributed by atoms with Gasteiger partial charge in [0.25, 0.3) is 0 Å². The number of rotatable bonds is 3. The van der Waals surface area contributed by atoms with Crippen molar-refractivity contribution >= 4 is 22.8 Å². The summed E-state index contributed by atoms with van der Waals surface area (Å²) < 4.78 is 0. The minimum absolute atomic E-state index is 0.692. The molecule has 17 heavy (non-hydrogen) atoms. The summed E-state index contributed by atoms with van der Waals surface area (Å²) in [7, 11) is 2.05. The van der Waals surface area contributed by atoms with Crippen molar-refractivity contribution in [3.05, 3.63) is 24.3 Å². The maximum absolute atomic E-state index is 4.61. The largest absolute Gasteiger partial charge is 0.333 e. The number of nitrogens with zero attached hydrogens (tertiary/aromatic N) is 1. The number of para-hydroxylation sites is 2. The fraction of sp³-hybridized carbons (Fsp3) is 0.462. The molecule has 2 unspecified atom stereocenters. The van der Waals surface area contributed by atoms with Gasteiger partial charge in [0.05, 0.1) is 11.0 Å². The SMILES string of the molecule is CNC1CCC(Sc2nc3ccccc3[nH]2)C1. The van der Waals surface area contributed by atoms with E-state index in [1.54, 1.807) is 0 Å². The van der Waals surface area contributed by atoms with Crippen LogP contribution in [-0.4, -0.2) is 28.3 Å². The van der Waals surface area contributed by atoms with Crippen molar-refractivity contribution in [1.29, 1.82) is 0 Å². The van der Waals surface area contributed by atoms with Crippen molar-refractivity contribution < 1.29 is 0 Å². The van der Waals surface area contributed by atoms with E-state index in [1.165, 1.54) is 19.3 Å². The van der Waals surface area contributed by atoms with Crippen LogP contribution in [0.5, 0.6) is 0 Å². The molecular weight excluding hydrogens is 230 g/mol. The molecule has 1 heterocycles. The molecule has 1 fully saturated rings. The number of fused-ring (bicyclic) bond motifs is 1. The Morgan fingerprint density at radius 3 is 3.00 bits per heavy atom. The van der Waals surface area contributed by atoms with Gasteiger partial charge in [-0.05, 0) is 38.4 Å².